The molecule has 0 aromatic heterocycles. The van der Waals surface area contributed by atoms with Crippen LogP contribution in [0.3, 0.4) is 0 Å². The Bertz CT molecular complexity index is 632. The lowest BCUT2D eigenvalue weighted by molar-refractivity contribution is 0.479. The second-order valence-corrected chi connectivity index (χ2v) is 5.29. The lowest BCUT2D eigenvalue weighted by atomic mass is 10.1. The van der Waals surface area contributed by atoms with Crippen molar-refractivity contribution in [2.75, 3.05) is 7.05 Å². The van der Waals surface area contributed by atoms with Gasteiger partial charge in [-0.25, -0.2) is 0 Å². The fraction of sp³-hybridized carbons (Fsp3) is 0.188. The number of nitrogens with one attached hydrogen (secondary N) is 1. The van der Waals surface area contributed by atoms with E-state index in [-0.39, 0.29) is 6.04 Å². The van der Waals surface area contributed by atoms with E-state index in [2.05, 4.69) is 34.2 Å². The first-order valence-corrected chi connectivity index (χ1v) is 7.08. The summed E-state index contributed by atoms with van der Waals surface area (Å²) in [5, 5.41) is 12.0. The summed E-state index contributed by atoms with van der Waals surface area (Å²) in [7, 11) is 1.93. The molecule has 102 valence electrons. The van der Waals surface area contributed by atoms with Gasteiger partial charge in [0.05, 0.1) is 16.1 Å². The minimum atomic E-state index is 0.287. The van der Waals surface area contributed by atoms with E-state index >= 15 is 0 Å². The number of halogens is 1. The summed E-state index contributed by atoms with van der Waals surface area (Å²) in [4.78, 5) is 0. The number of benzene rings is 2. The molecule has 0 fully saturated rings. The average Bonchev–Trinajstić information content (AvgIpc) is 2.49. The number of hydrogen-bond donors (Lipinski definition) is 1. The van der Waals surface area contributed by atoms with E-state index in [1.54, 1.807) is 24.3 Å². The molecule has 2 aromatic carbocycles. The molecule has 0 amide bonds. The van der Waals surface area contributed by atoms with Crippen LogP contribution in [0.2, 0.25) is 0 Å². The van der Waals surface area contributed by atoms with Gasteiger partial charge in [0.25, 0.3) is 0 Å². The topological polar surface area (TPSA) is 45.0 Å². The van der Waals surface area contributed by atoms with Crippen molar-refractivity contribution in [1.82, 2.24) is 5.32 Å². The van der Waals surface area contributed by atoms with Crippen LogP contribution in [0.15, 0.2) is 46.9 Å². The van der Waals surface area contributed by atoms with Crippen LogP contribution in [0.1, 0.15) is 24.1 Å². The molecule has 0 spiro atoms. The maximum absolute atomic E-state index is 8.76. The lowest BCUT2D eigenvalue weighted by Crippen LogP contribution is -2.12. The third-order valence-corrected chi connectivity index (χ3v) is 3.72. The Labute approximate surface area is 127 Å². The Morgan fingerprint density at radius 1 is 1.20 bits per heavy atom. The Morgan fingerprint density at radius 2 is 1.90 bits per heavy atom. The molecule has 0 aliphatic carbocycles. The Kier molecular flexibility index (Phi) is 4.78. The number of nitrogens with zero attached hydrogens (tertiary/aromatic N) is 1. The zero-order chi connectivity index (χ0) is 14.5. The minimum absolute atomic E-state index is 0.287. The normalized spacial score (nSPS) is 11.7. The van der Waals surface area contributed by atoms with Gasteiger partial charge < -0.3 is 10.1 Å². The highest BCUT2D eigenvalue weighted by Gasteiger charge is 2.08. The van der Waals surface area contributed by atoms with E-state index < -0.39 is 0 Å². The van der Waals surface area contributed by atoms with Crippen LogP contribution in [0.25, 0.3) is 0 Å². The van der Waals surface area contributed by atoms with Crippen molar-refractivity contribution in [3.63, 3.8) is 0 Å². The SMILES string of the molecule is CNC(C)c1ccc(Oc2ccc(C#N)cc2)c(Br)c1. The second kappa shape index (κ2) is 6.56. The zero-order valence-corrected chi connectivity index (χ0v) is 12.9. The quantitative estimate of drug-likeness (QED) is 0.903. The molecule has 0 radical (unpaired) electrons. The Morgan fingerprint density at radius 3 is 2.45 bits per heavy atom. The van der Waals surface area contributed by atoms with E-state index in [1.165, 1.54) is 5.56 Å². The van der Waals surface area contributed by atoms with Gasteiger partial charge in [-0.1, -0.05) is 6.07 Å². The summed E-state index contributed by atoms with van der Waals surface area (Å²) in [5.41, 5.74) is 1.81. The summed E-state index contributed by atoms with van der Waals surface area (Å²) < 4.78 is 6.70. The third-order valence-electron chi connectivity index (χ3n) is 3.10. The van der Waals surface area contributed by atoms with Gasteiger partial charge >= 0.3 is 0 Å². The van der Waals surface area contributed by atoms with Crippen molar-refractivity contribution >= 4 is 15.9 Å². The molecule has 1 N–H and O–H groups in total. The second-order valence-electron chi connectivity index (χ2n) is 4.44. The summed E-state index contributed by atoms with van der Waals surface area (Å²) in [6.45, 7) is 2.10. The smallest absolute Gasteiger partial charge is 0.141 e. The molecule has 0 aliphatic rings. The van der Waals surface area contributed by atoms with Gasteiger partial charge in [0.1, 0.15) is 11.5 Å². The van der Waals surface area contributed by atoms with E-state index in [4.69, 9.17) is 10.00 Å². The molecular weight excluding hydrogens is 316 g/mol. The maximum Gasteiger partial charge on any atom is 0.141 e. The first-order chi connectivity index (χ1) is 9.63. The first kappa shape index (κ1) is 14.6. The number of rotatable bonds is 4. The summed E-state index contributed by atoms with van der Waals surface area (Å²) in [5.74, 6) is 1.46. The summed E-state index contributed by atoms with van der Waals surface area (Å²) in [6, 6.07) is 15.4. The molecule has 20 heavy (non-hydrogen) atoms. The summed E-state index contributed by atoms with van der Waals surface area (Å²) >= 11 is 3.53. The summed E-state index contributed by atoms with van der Waals surface area (Å²) in [6.07, 6.45) is 0. The highest BCUT2D eigenvalue weighted by Crippen LogP contribution is 2.32. The molecule has 3 nitrogen and oxygen atoms in total. The van der Waals surface area contributed by atoms with Crippen LogP contribution < -0.4 is 10.1 Å². The number of nitriles is 1. The fourth-order valence-electron chi connectivity index (χ4n) is 1.76. The van der Waals surface area contributed by atoms with Crippen LogP contribution in [-0.4, -0.2) is 7.05 Å². The van der Waals surface area contributed by atoms with Crippen molar-refractivity contribution in [3.8, 4) is 17.6 Å². The maximum atomic E-state index is 8.76. The molecule has 0 heterocycles. The van der Waals surface area contributed by atoms with Crippen LogP contribution in [-0.2, 0) is 0 Å². The largest absolute Gasteiger partial charge is 0.456 e. The van der Waals surface area contributed by atoms with E-state index in [1.807, 2.05) is 25.2 Å². The van der Waals surface area contributed by atoms with Crippen molar-refractivity contribution in [1.29, 1.82) is 5.26 Å². The van der Waals surface area contributed by atoms with Gasteiger partial charge in [-0.15, -0.1) is 0 Å². The van der Waals surface area contributed by atoms with Gasteiger partial charge in [-0.2, -0.15) is 5.26 Å². The molecule has 1 unspecified atom stereocenters. The van der Waals surface area contributed by atoms with Crippen LogP contribution in [0.4, 0.5) is 0 Å². The molecule has 0 saturated heterocycles. The predicted octanol–water partition coefficient (Wildman–Crippen LogP) is 4.39. The molecule has 0 aliphatic heterocycles. The minimum Gasteiger partial charge on any atom is -0.456 e. The van der Waals surface area contributed by atoms with Gasteiger partial charge in [0, 0.05) is 6.04 Å². The Balaban J connectivity index is 2.19. The molecule has 1 atom stereocenters. The highest BCUT2D eigenvalue weighted by molar-refractivity contribution is 9.10. The van der Waals surface area contributed by atoms with Crippen LogP contribution >= 0.6 is 15.9 Å². The molecule has 4 heteroatoms. The van der Waals surface area contributed by atoms with E-state index in [9.17, 15) is 0 Å². The van der Waals surface area contributed by atoms with Crippen molar-refractivity contribution in [2.24, 2.45) is 0 Å². The number of hydrogen-bond acceptors (Lipinski definition) is 3. The van der Waals surface area contributed by atoms with E-state index in [0.29, 0.717) is 11.3 Å². The molecule has 0 saturated carbocycles. The van der Waals surface area contributed by atoms with Gasteiger partial charge in [0.2, 0.25) is 0 Å². The van der Waals surface area contributed by atoms with Crippen molar-refractivity contribution in [2.45, 2.75) is 13.0 Å². The van der Waals surface area contributed by atoms with Gasteiger partial charge in [-0.3, -0.25) is 0 Å². The molecule has 2 aromatic rings. The number of ether oxygens (including phenoxy) is 1. The first-order valence-electron chi connectivity index (χ1n) is 6.28. The predicted molar refractivity (Wildman–Crippen MR) is 82.8 cm³/mol. The average molecular weight is 331 g/mol. The lowest BCUT2D eigenvalue weighted by Gasteiger charge is -2.13. The molecule has 2 rings (SSSR count). The van der Waals surface area contributed by atoms with Crippen LogP contribution in [0.5, 0.6) is 11.5 Å². The van der Waals surface area contributed by atoms with Crippen LogP contribution in [0, 0.1) is 11.3 Å². The Hall–Kier alpha value is -1.83. The fourth-order valence-corrected chi connectivity index (χ4v) is 2.24. The third kappa shape index (κ3) is 3.38. The molecule has 0 bridgehead atoms. The van der Waals surface area contributed by atoms with Gasteiger partial charge in [0.15, 0.2) is 0 Å². The molecular formula is C16H15BrN2O. The van der Waals surface area contributed by atoms with E-state index in [0.717, 1.165) is 10.2 Å². The van der Waals surface area contributed by atoms with Gasteiger partial charge in [-0.05, 0) is 71.9 Å². The zero-order valence-electron chi connectivity index (χ0n) is 11.4. The van der Waals surface area contributed by atoms with Crippen molar-refractivity contribution < 1.29 is 4.74 Å². The van der Waals surface area contributed by atoms with Crippen molar-refractivity contribution in [3.05, 3.63) is 58.1 Å². The standard InChI is InChI=1S/C16H15BrN2O/c1-11(19-2)13-5-8-16(15(17)9-13)20-14-6-3-12(10-18)4-7-14/h3-9,11,19H,1-2H3. The monoisotopic (exact) mass is 330 g/mol. The highest BCUT2D eigenvalue weighted by atomic mass is 79.9.